The van der Waals surface area contributed by atoms with Gasteiger partial charge in [0.15, 0.2) is 0 Å². The van der Waals surface area contributed by atoms with Crippen molar-refractivity contribution < 1.29 is 14.7 Å². The first-order valence-corrected chi connectivity index (χ1v) is 6.12. The number of hydrogen-bond donors (Lipinski definition) is 1. The van der Waals surface area contributed by atoms with Crippen molar-refractivity contribution >= 4 is 11.8 Å². The molecule has 2 fully saturated rings. The van der Waals surface area contributed by atoms with Gasteiger partial charge in [-0.1, -0.05) is 19.8 Å². The molecule has 4 heteroatoms. The average Bonchev–Trinajstić information content (AvgIpc) is 2.81. The van der Waals surface area contributed by atoms with Gasteiger partial charge in [-0.05, 0) is 19.3 Å². The zero-order valence-corrected chi connectivity index (χ0v) is 9.74. The highest BCUT2D eigenvalue weighted by Gasteiger charge is 2.53. The molecule has 1 saturated heterocycles. The summed E-state index contributed by atoms with van der Waals surface area (Å²) >= 11 is 0. The predicted molar refractivity (Wildman–Crippen MR) is 58.5 cm³/mol. The van der Waals surface area contributed by atoms with Crippen molar-refractivity contribution in [1.29, 1.82) is 0 Å². The molecule has 0 aromatic carbocycles. The molecule has 1 heterocycles. The molecule has 4 nitrogen and oxygen atoms in total. The predicted octanol–water partition coefficient (Wildman–Crippen LogP) is 1.08. The third-order valence-corrected chi connectivity index (χ3v) is 4.04. The van der Waals surface area contributed by atoms with Gasteiger partial charge in [-0.2, -0.15) is 0 Å². The highest BCUT2D eigenvalue weighted by atomic mass is 16.3. The third kappa shape index (κ3) is 1.56. The molecule has 2 rings (SSSR count). The second kappa shape index (κ2) is 4.17. The van der Waals surface area contributed by atoms with Crippen molar-refractivity contribution in [3.8, 4) is 0 Å². The highest BCUT2D eigenvalue weighted by molar-refractivity contribution is 6.06. The second-order valence-electron chi connectivity index (χ2n) is 4.98. The molecule has 1 N–H and O–H groups in total. The van der Waals surface area contributed by atoms with E-state index in [2.05, 4.69) is 0 Å². The summed E-state index contributed by atoms with van der Waals surface area (Å²) in [7, 11) is 0. The monoisotopic (exact) mass is 225 g/mol. The molecule has 1 saturated carbocycles. The van der Waals surface area contributed by atoms with Crippen LogP contribution in [0.1, 0.15) is 45.4 Å². The molecule has 2 amide bonds. The van der Waals surface area contributed by atoms with Gasteiger partial charge in [0, 0.05) is 6.42 Å². The minimum Gasteiger partial charge on any atom is -0.394 e. The lowest BCUT2D eigenvalue weighted by Gasteiger charge is -2.26. The van der Waals surface area contributed by atoms with Crippen LogP contribution in [0.15, 0.2) is 0 Å². The summed E-state index contributed by atoms with van der Waals surface area (Å²) in [4.78, 5) is 25.5. The molecule has 16 heavy (non-hydrogen) atoms. The van der Waals surface area contributed by atoms with Crippen molar-refractivity contribution in [2.75, 3.05) is 6.61 Å². The van der Waals surface area contributed by atoms with Gasteiger partial charge in [-0.3, -0.25) is 14.5 Å². The zero-order chi connectivity index (χ0) is 11.8. The van der Waals surface area contributed by atoms with E-state index in [0.29, 0.717) is 12.8 Å². The fourth-order valence-corrected chi connectivity index (χ4v) is 3.02. The van der Waals surface area contributed by atoms with Crippen LogP contribution in [-0.2, 0) is 9.59 Å². The lowest BCUT2D eigenvalue weighted by Crippen LogP contribution is -2.43. The van der Waals surface area contributed by atoms with E-state index >= 15 is 0 Å². The van der Waals surface area contributed by atoms with Gasteiger partial charge in [0.1, 0.15) is 0 Å². The van der Waals surface area contributed by atoms with E-state index in [4.69, 9.17) is 0 Å². The van der Waals surface area contributed by atoms with E-state index in [1.807, 2.05) is 6.92 Å². The number of amides is 2. The summed E-state index contributed by atoms with van der Waals surface area (Å²) in [6, 6.07) is -0.319. The van der Waals surface area contributed by atoms with Gasteiger partial charge < -0.3 is 5.11 Å². The van der Waals surface area contributed by atoms with Gasteiger partial charge in [0.2, 0.25) is 11.8 Å². The lowest BCUT2D eigenvalue weighted by atomic mass is 9.84. The summed E-state index contributed by atoms with van der Waals surface area (Å²) in [6.45, 7) is 1.77. The Kier molecular flexibility index (Phi) is 3.02. The van der Waals surface area contributed by atoms with Gasteiger partial charge in [-0.15, -0.1) is 0 Å². The maximum absolute atomic E-state index is 12.3. The van der Waals surface area contributed by atoms with E-state index in [1.165, 1.54) is 4.90 Å². The van der Waals surface area contributed by atoms with E-state index in [-0.39, 0.29) is 24.5 Å². The summed E-state index contributed by atoms with van der Waals surface area (Å²) in [5.41, 5.74) is -0.403. The minimum absolute atomic E-state index is 0.0316. The quantitative estimate of drug-likeness (QED) is 0.731. The van der Waals surface area contributed by atoms with Crippen LogP contribution >= 0.6 is 0 Å². The Morgan fingerprint density at radius 2 is 2.00 bits per heavy atom. The van der Waals surface area contributed by atoms with Crippen LogP contribution in [0, 0.1) is 5.41 Å². The molecule has 0 aromatic heterocycles. The Hall–Kier alpha value is -0.900. The largest absolute Gasteiger partial charge is 0.394 e. The van der Waals surface area contributed by atoms with E-state index in [0.717, 1.165) is 25.7 Å². The van der Waals surface area contributed by atoms with Crippen LogP contribution in [0.3, 0.4) is 0 Å². The minimum atomic E-state index is -0.403. The van der Waals surface area contributed by atoms with Crippen LogP contribution in [0.25, 0.3) is 0 Å². The SMILES string of the molecule is CC[C@H](CO)N1C(=O)CC2(CCCC2)C1=O. The molecule has 1 atom stereocenters. The number of carbonyl (C=O) groups excluding carboxylic acids is 2. The molecule has 1 aliphatic carbocycles. The molecular weight excluding hydrogens is 206 g/mol. The molecule has 0 aromatic rings. The van der Waals surface area contributed by atoms with Crippen LogP contribution in [0.5, 0.6) is 0 Å². The standard InChI is InChI=1S/C12H19NO3/c1-2-9(8-14)13-10(15)7-12(11(13)16)5-3-4-6-12/h9,14H,2-8H2,1H3/t9-/m1/s1. The molecule has 0 bridgehead atoms. The summed E-state index contributed by atoms with van der Waals surface area (Å²) in [5, 5.41) is 9.21. The average molecular weight is 225 g/mol. The van der Waals surface area contributed by atoms with Gasteiger partial charge >= 0.3 is 0 Å². The van der Waals surface area contributed by atoms with Crippen molar-refractivity contribution in [3.05, 3.63) is 0 Å². The summed E-state index contributed by atoms with van der Waals surface area (Å²) < 4.78 is 0. The normalized spacial score (nSPS) is 25.8. The number of aliphatic hydroxyl groups is 1. The Bertz CT molecular complexity index is 303. The number of rotatable bonds is 3. The zero-order valence-electron chi connectivity index (χ0n) is 9.74. The van der Waals surface area contributed by atoms with Crippen LogP contribution in [-0.4, -0.2) is 34.5 Å². The third-order valence-electron chi connectivity index (χ3n) is 4.04. The maximum atomic E-state index is 12.3. The first-order chi connectivity index (χ1) is 7.64. The maximum Gasteiger partial charge on any atom is 0.236 e. The fourth-order valence-electron chi connectivity index (χ4n) is 3.02. The molecule has 90 valence electrons. The Labute approximate surface area is 95.6 Å². The lowest BCUT2D eigenvalue weighted by molar-refractivity contribution is -0.145. The van der Waals surface area contributed by atoms with Gasteiger partial charge in [0.25, 0.3) is 0 Å². The van der Waals surface area contributed by atoms with Crippen molar-refractivity contribution in [3.63, 3.8) is 0 Å². The number of hydrogen-bond acceptors (Lipinski definition) is 3. The number of nitrogens with zero attached hydrogens (tertiary/aromatic N) is 1. The van der Waals surface area contributed by atoms with Gasteiger partial charge in [-0.25, -0.2) is 0 Å². The van der Waals surface area contributed by atoms with Crippen molar-refractivity contribution in [2.24, 2.45) is 5.41 Å². The number of carbonyl (C=O) groups is 2. The molecule has 1 spiro atoms. The Morgan fingerprint density at radius 1 is 1.38 bits per heavy atom. The summed E-state index contributed by atoms with van der Waals surface area (Å²) in [5.74, 6) is -0.122. The number of likely N-dealkylation sites (tertiary alicyclic amines) is 1. The summed E-state index contributed by atoms with van der Waals surface area (Å²) in [6.07, 6.45) is 4.77. The molecule has 1 aliphatic heterocycles. The molecular formula is C12H19NO3. The van der Waals surface area contributed by atoms with Gasteiger partial charge in [0.05, 0.1) is 18.1 Å². The van der Waals surface area contributed by atoms with Crippen LogP contribution < -0.4 is 0 Å². The van der Waals surface area contributed by atoms with Crippen molar-refractivity contribution in [1.82, 2.24) is 4.90 Å². The first kappa shape index (κ1) is 11.6. The highest BCUT2D eigenvalue weighted by Crippen LogP contribution is 2.47. The number of aliphatic hydroxyl groups excluding tert-OH is 1. The van der Waals surface area contributed by atoms with Crippen LogP contribution in [0.4, 0.5) is 0 Å². The van der Waals surface area contributed by atoms with E-state index < -0.39 is 5.41 Å². The molecule has 0 unspecified atom stereocenters. The first-order valence-electron chi connectivity index (χ1n) is 6.12. The van der Waals surface area contributed by atoms with Crippen molar-refractivity contribution in [2.45, 2.75) is 51.5 Å². The topological polar surface area (TPSA) is 57.6 Å². The Morgan fingerprint density at radius 3 is 2.50 bits per heavy atom. The second-order valence-corrected chi connectivity index (χ2v) is 4.98. The van der Waals surface area contributed by atoms with E-state index in [1.54, 1.807) is 0 Å². The Balaban J connectivity index is 2.22. The van der Waals surface area contributed by atoms with E-state index in [9.17, 15) is 14.7 Å². The van der Waals surface area contributed by atoms with Crippen LogP contribution in [0.2, 0.25) is 0 Å². The molecule has 0 radical (unpaired) electrons. The fraction of sp³-hybridized carbons (Fsp3) is 0.833. The number of imide groups is 1. The smallest absolute Gasteiger partial charge is 0.236 e. The molecule has 2 aliphatic rings.